The number of aryl methyl sites for hydroxylation is 1. The first-order valence-corrected chi connectivity index (χ1v) is 8.02. The third-order valence-electron chi connectivity index (χ3n) is 3.30. The van der Waals surface area contributed by atoms with Crippen LogP contribution in [0.2, 0.25) is 0 Å². The number of fused-ring (bicyclic) bond motifs is 1. The molecule has 3 aromatic rings. The van der Waals surface area contributed by atoms with Crippen molar-refractivity contribution in [2.75, 3.05) is 0 Å². The maximum Gasteiger partial charge on any atom is 0.434 e. The Labute approximate surface area is 138 Å². The lowest BCUT2D eigenvalue weighted by molar-refractivity contribution is -0.140. The van der Waals surface area contributed by atoms with Crippen LogP contribution in [-0.4, -0.2) is 4.98 Å². The third kappa shape index (κ3) is 3.43. The van der Waals surface area contributed by atoms with Crippen molar-refractivity contribution in [2.24, 2.45) is 0 Å². The van der Waals surface area contributed by atoms with Gasteiger partial charge >= 0.3 is 11.8 Å². The summed E-state index contributed by atoms with van der Waals surface area (Å²) in [6.07, 6.45) is -2.91. The SMILES string of the molecule is CCCc1cc(=O)oc2cc(Oc3nc(C(F)(F)F)cs3)ccc12. The molecular formula is C16H12F3NO3S. The van der Waals surface area contributed by atoms with E-state index in [1.54, 1.807) is 12.1 Å². The summed E-state index contributed by atoms with van der Waals surface area (Å²) in [5.41, 5.74) is -0.281. The normalized spacial score (nSPS) is 11.8. The van der Waals surface area contributed by atoms with Gasteiger partial charge in [0.25, 0.3) is 5.19 Å². The van der Waals surface area contributed by atoms with Crippen LogP contribution in [0.25, 0.3) is 11.0 Å². The van der Waals surface area contributed by atoms with Gasteiger partial charge in [0.2, 0.25) is 0 Å². The van der Waals surface area contributed by atoms with Crippen LogP contribution in [0, 0.1) is 0 Å². The molecule has 0 atom stereocenters. The van der Waals surface area contributed by atoms with Crippen LogP contribution < -0.4 is 10.4 Å². The Morgan fingerprint density at radius 1 is 1.29 bits per heavy atom. The van der Waals surface area contributed by atoms with E-state index in [1.807, 2.05) is 6.92 Å². The molecule has 0 spiro atoms. The molecule has 4 nitrogen and oxygen atoms in total. The minimum Gasteiger partial charge on any atom is -0.431 e. The number of aromatic nitrogens is 1. The predicted molar refractivity (Wildman–Crippen MR) is 83.7 cm³/mol. The maximum atomic E-state index is 12.5. The van der Waals surface area contributed by atoms with Gasteiger partial charge in [-0.3, -0.25) is 0 Å². The Kier molecular flexibility index (Phi) is 4.31. The van der Waals surface area contributed by atoms with Gasteiger partial charge in [-0.1, -0.05) is 24.7 Å². The maximum absolute atomic E-state index is 12.5. The van der Waals surface area contributed by atoms with Crippen LogP contribution in [0.3, 0.4) is 0 Å². The van der Waals surface area contributed by atoms with Gasteiger partial charge in [0.15, 0.2) is 5.69 Å². The summed E-state index contributed by atoms with van der Waals surface area (Å²) < 4.78 is 48.1. The lowest BCUT2D eigenvalue weighted by Gasteiger charge is -2.06. The van der Waals surface area contributed by atoms with Crippen molar-refractivity contribution in [2.45, 2.75) is 25.9 Å². The molecule has 1 aromatic carbocycles. The first-order chi connectivity index (χ1) is 11.4. The third-order valence-corrected chi connectivity index (χ3v) is 4.02. The average Bonchev–Trinajstić information content (AvgIpc) is 2.95. The summed E-state index contributed by atoms with van der Waals surface area (Å²) in [5.74, 6) is 0.252. The highest BCUT2D eigenvalue weighted by atomic mass is 32.1. The number of hydrogen-bond donors (Lipinski definition) is 0. The molecule has 0 unspecified atom stereocenters. The van der Waals surface area contributed by atoms with Gasteiger partial charge in [-0.15, -0.1) is 0 Å². The standard InChI is InChI=1S/C16H12F3NO3S/c1-2-3-9-6-14(21)23-12-7-10(4-5-11(9)12)22-15-20-13(8-24-15)16(17,18)19/h4-8H,2-3H2,1H3. The van der Waals surface area contributed by atoms with Crippen LogP contribution in [0.1, 0.15) is 24.6 Å². The Morgan fingerprint density at radius 2 is 2.08 bits per heavy atom. The zero-order valence-corrected chi connectivity index (χ0v) is 13.3. The fraction of sp³-hybridized carbons (Fsp3) is 0.250. The molecule has 24 heavy (non-hydrogen) atoms. The first-order valence-electron chi connectivity index (χ1n) is 7.14. The Balaban J connectivity index is 1.93. The predicted octanol–water partition coefficient (Wildman–Crippen LogP) is 5.01. The van der Waals surface area contributed by atoms with E-state index in [9.17, 15) is 18.0 Å². The minimum atomic E-state index is -4.51. The van der Waals surface area contributed by atoms with Gasteiger partial charge in [0, 0.05) is 22.9 Å². The zero-order chi connectivity index (χ0) is 17.3. The molecule has 0 aliphatic carbocycles. The zero-order valence-electron chi connectivity index (χ0n) is 12.5. The van der Waals surface area contributed by atoms with E-state index in [-0.39, 0.29) is 10.9 Å². The van der Waals surface area contributed by atoms with E-state index in [1.165, 1.54) is 12.1 Å². The van der Waals surface area contributed by atoms with Crippen LogP contribution in [0.15, 0.2) is 38.9 Å². The molecule has 0 aliphatic rings. The van der Waals surface area contributed by atoms with E-state index in [0.29, 0.717) is 5.58 Å². The largest absolute Gasteiger partial charge is 0.434 e. The molecule has 0 fully saturated rings. The minimum absolute atomic E-state index is 0.131. The van der Waals surface area contributed by atoms with Gasteiger partial charge in [0.05, 0.1) is 0 Å². The topological polar surface area (TPSA) is 52.3 Å². The molecule has 0 radical (unpaired) electrons. The molecule has 8 heteroatoms. The summed E-state index contributed by atoms with van der Waals surface area (Å²) in [5, 5.41) is 1.53. The smallest absolute Gasteiger partial charge is 0.431 e. The lowest BCUT2D eigenvalue weighted by Crippen LogP contribution is -2.04. The van der Waals surface area contributed by atoms with Crippen LogP contribution >= 0.6 is 11.3 Å². The second-order valence-corrected chi connectivity index (χ2v) is 5.92. The molecule has 2 heterocycles. The highest BCUT2D eigenvalue weighted by Gasteiger charge is 2.34. The monoisotopic (exact) mass is 355 g/mol. The number of rotatable bonds is 4. The van der Waals surface area contributed by atoms with Crippen molar-refractivity contribution in [1.82, 2.24) is 4.98 Å². The van der Waals surface area contributed by atoms with Crippen LogP contribution in [0.4, 0.5) is 13.2 Å². The van der Waals surface area contributed by atoms with E-state index in [0.717, 1.165) is 40.5 Å². The molecule has 0 amide bonds. The number of alkyl halides is 3. The number of ether oxygens (including phenoxy) is 1. The Bertz CT molecular complexity index is 930. The van der Waals surface area contributed by atoms with E-state index in [4.69, 9.17) is 9.15 Å². The second kappa shape index (κ2) is 6.27. The number of nitrogens with zero attached hydrogens (tertiary/aromatic N) is 1. The van der Waals surface area contributed by atoms with Gasteiger partial charge in [-0.2, -0.15) is 18.2 Å². The van der Waals surface area contributed by atoms with Gasteiger partial charge in [0.1, 0.15) is 11.3 Å². The molecule has 0 aliphatic heterocycles. The highest BCUT2D eigenvalue weighted by Crippen LogP contribution is 2.35. The average molecular weight is 355 g/mol. The van der Waals surface area contributed by atoms with Crippen molar-refractivity contribution in [3.63, 3.8) is 0 Å². The fourth-order valence-corrected chi connectivity index (χ4v) is 2.98. The van der Waals surface area contributed by atoms with Crippen molar-refractivity contribution in [3.05, 3.63) is 51.3 Å². The molecule has 2 aromatic heterocycles. The quantitative estimate of drug-likeness (QED) is 0.617. The van der Waals surface area contributed by atoms with Crippen LogP contribution in [0.5, 0.6) is 10.9 Å². The lowest BCUT2D eigenvalue weighted by atomic mass is 10.1. The number of halogens is 3. The van der Waals surface area contributed by atoms with Crippen LogP contribution in [-0.2, 0) is 12.6 Å². The van der Waals surface area contributed by atoms with E-state index >= 15 is 0 Å². The van der Waals surface area contributed by atoms with Crippen molar-refractivity contribution < 1.29 is 22.3 Å². The Hall–Kier alpha value is -2.35. The summed E-state index contributed by atoms with van der Waals surface area (Å²) in [4.78, 5) is 15.0. The molecule has 0 N–H and O–H groups in total. The summed E-state index contributed by atoms with van der Waals surface area (Å²) in [6, 6.07) is 6.25. The summed E-state index contributed by atoms with van der Waals surface area (Å²) >= 11 is 0.745. The summed E-state index contributed by atoms with van der Waals surface area (Å²) in [6.45, 7) is 2.00. The van der Waals surface area contributed by atoms with Crippen molar-refractivity contribution in [1.29, 1.82) is 0 Å². The van der Waals surface area contributed by atoms with Gasteiger partial charge in [-0.05, 0) is 24.1 Å². The molecule has 3 rings (SSSR count). The first kappa shape index (κ1) is 16.5. The molecular weight excluding hydrogens is 343 g/mol. The van der Waals surface area contributed by atoms with E-state index in [2.05, 4.69) is 4.98 Å². The number of thiazole rings is 1. The van der Waals surface area contributed by atoms with E-state index < -0.39 is 17.5 Å². The highest BCUT2D eigenvalue weighted by molar-refractivity contribution is 7.11. The molecule has 0 saturated heterocycles. The van der Waals surface area contributed by atoms with Crippen molar-refractivity contribution >= 4 is 22.3 Å². The van der Waals surface area contributed by atoms with Gasteiger partial charge < -0.3 is 9.15 Å². The molecule has 0 bridgehead atoms. The Morgan fingerprint density at radius 3 is 2.75 bits per heavy atom. The fourth-order valence-electron chi connectivity index (χ4n) is 2.29. The number of hydrogen-bond acceptors (Lipinski definition) is 5. The summed E-state index contributed by atoms with van der Waals surface area (Å²) in [7, 11) is 0. The number of benzene rings is 1. The molecule has 126 valence electrons. The second-order valence-electron chi connectivity index (χ2n) is 5.10. The molecule has 0 saturated carbocycles. The van der Waals surface area contributed by atoms with Crippen molar-refractivity contribution in [3.8, 4) is 10.9 Å². The van der Waals surface area contributed by atoms with Gasteiger partial charge in [-0.25, -0.2) is 4.79 Å².